The second kappa shape index (κ2) is 10.5. The van der Waals surface area contributed by atoms with Crippen LogP contribution >= 0.6 is 11.8 Å². The lowest BCUT2D eigenvalue weighted by Crippen LogP contribution is -2.31. The van der Waals surface area contributed by atoms with Gasteiger partial charge < -0.3 is 19.5 Å². The molecule has 0 radical (unpaired) electrons. The fourth-order valence-electron chi connectivity index (χ4n) is 4.58. The fourth-order valence-corrected chi connectivity index (χ4v) is 5.75. The van der Waals surface area contributed by atoms with Gasteiger partial charge >= 0.3 is 0 Å². The SMILES string of the molecule is COc1cc(-c2nnc(SC3CCCCNC3=O)n2C2CCCCC2)cc(OC)c1OC. The predicted molar refractivity (Wildman–Crippen MR) is 124 cm³/mol. The van der Waals surface area contributed by atoms with Crippen LogP contribution in [0.5, 0.6) is 17.2 Å². The Balaban J connectivity index is 1.76. The van der Waals surface area contributed by atoms with Gasteiger partial charge in [0.05, 0.1) is 26.6 Å². The van der Waals surface area contributed by atoms with Crippen LogP contribution in [-0.2, 0) is 4.79 Å². The van der Waals surface area contributed by atoms with Crippen molar-refractivity contribution in [2.75, 3.05) is 27.9 Å². The molecule has 1 aromatic carbocycles. The topological polar surface area (TPSA) is 87.5 Å². The van der Waals surface area contributed by atoms with E-state index in [1.165, 1.54) is 31.0 Å². The molecule has 8 nitrogen and oxygen atoms in total. The molecule has 9 heteroatoms. The van der Waals surface area contributed by atoms with Gasteiger partial charge in [0.15, 0.2) is 22.5 Å². The van der Waals surface area contributed by atoms with E-state index in [9.17, 15) is 4.79 Å². The minimum Gasteiger partial charge on any atom is -0.493 e. The molecule has 1 aliphatic carbocycles. The molecular weight excluding hydrogens is 428 g/mol. The third-order valence-corrected chi connectivity index (χ3v) is 7.48. The van der Waals surface area contributed by atoms with Crippen molar-refractivity contribution in [2.24, 2.45) is 0 Å². The first kappa shape index (κ1) is 22.8. The first-order valence-corrected chi connectivity index (χ1v) is 12.2. The molecule has 1 atom stereocenters. The second-order valence-corrected chi connectivity index (χ2v) is 9.45. The van der Waals surface area contributed by atoms with Crippen LogP contribution in [0.1, 0.15) is 57.4 Å². The maximum atomic E-state index is 12.6. The van der Waals surface area contributed by atoms with Gasteiger partial charge in [-0.15, -0.1) is 10.2 Å². The molecule has 1 amide bonds. The quantitative estimate of drug-likeness (QED) is 0.661. The molecule has 1 saturated carbocycles. The maximum Gasteiger partial charge on any atom is 0.233 e. The van der Waals surface area contributed by atoms with Gasteiger partial charge in [0.25, 0.3) is 0 Å². The van der Waals surface area contributed by atoms with Crippen LogP contribution in [0.4, 0.5) is 0 Å². The number of nitrogens with one attached hydrogen (secondary N) is 1. The zero-order valence-corrected chi connectivity index (χ0v) is 19.9. The van der Waals surface area contributed by atoms with Gasteiger partial charge in [0, 0.05) is 18.2 Å². The highest BCUT2D eigenvalue weighted by molar-refractivity contribution is 8.00. The minimum absolute atomic E-state index is 0.0973. The highest BCUT2D eigenvalue weighted by atomic mass is 32.2. The van der Waals surface area contributed by atoms with Crippen LogP contribution in [0.15, 0.2) is 17.3 Å². The number of carbonyl (C=O) groups is 1. The lowest BCUT2D eigenvalue weighted by molar-refractivity contribution is -0.120. The molecule has 2 aromatic rings. The van der Waals surface area contributed by atoms with E-state index in [4.69, 9.17) is 14.2 Å². The normalized spacial score (nSPS) is 19.8. The lowest BCUT2D eigenvalue weighted by atomic mass is 9.95. The Hall–Kier alpha value is -2.42. The Morgan fingerprint density at radius 1 is 0.938 bits per heavy atom. The molecule has 1 aromatic heterocycles. The van der Waals surface area contributed by atoms with E-state index < -0.39 is 0 Å². The summed E-state index contributed by atoms with van der Waals surface area (Å²) in [6.07, 6.45) is 8.71. The fraction of sp³-hybridized carbons (Fsp3) is 0.609. The van der Waals surface area contributed by atoms with Crippen LogP contribution in [0.2, 0.25) is 0 Å². The summed E-state index contributed by atoms with van der Waals surface area (Å²) < 4.78 is 18.8. The number of aromatic nitrogens is 3. The van der Waals surface area contributed by atoms with Crippen molar-refractivity contribution in [3.63, 3.8) is 0 Å². The highest BCUT2D eigenvalue weighted by Gasteiger charge is 2.29. The van der Waals surface area contributed by atoms with E-state index in [-0.39, 0.29) is 11.2 Å². The van der Waals surface area contributed by atoms with Crippen LogP contribution in [0.25, 0.3) is 11.4 Å². The van der Waals surface area contributed by atoms with Crippen molar-refractivity contribution in [1.82, 2.24) is 20.1 Å². The van der Waals surface area contributed by atoms with E-state index in [1.807, 2.05) is 12.1 Å². The van der Waals surface area contributed by atoms with Gasteiger partial charge in [0.2, 0.25) is 11.7 Å². The number of ether oxygens (including phenoxy) is 3. The molecule has 174 valence electrons. The molecule has 1 saturated heterocycles. The van der Waals surface area contributed by atoms with Crippen LogP contribution in [0, 0.1) is 0 Å². The first-order valence-electron chi connectivity index (χ1n) is 11.4. The number of carbonyl (C=O) groups excluding carboxylic acids is 1. The van der Waals surface area contributed by atoms with Crippen molar-refractivity contribution in [3.05, 3.63) is 12.1 Å². The van der Waals surface area contributed by atoms with E-state index in [1.54, 1.807) is 21.3 Å². The number of hydrogen-bond acceptors (Lipinski definition) is 7. The van der Waals surface area contributed by atoms with Crippen molar-refractivity contribution in [1.29, 1.82) is 0 Å². The molecular formula is C23H32N4O4S. The Morgan fingerprint density at radius 2 is 1.62 bits per heavy atom. The van der Waals surface area contributed by atoms with Crippen molar-refractivity contribution < 1.29 is 19.0 Å². The number of hydrogen-bond donors (Lipinski definition) is 1. The molecule has 0 spiro atoms. The van der Waals surface area contributed by atoms with Gasteiger partial charge in [0.1, 0.15) is 0 Å². The molecule has 4 rings (SSSR count). The molecule has 1 unspecified atom stereocenters. The van der Waals surface area contributed by atoms with Crippen LogP contribution in [-0.4, -0.2) is 53.8 Å². The Bertz CT molecular complexity index is 917. The first-order chi connectivity index (χ1) is 15.7. The molecule has 32 heavy (non-hydrogen) atoms. The standard InChI is InChI=1S/C23H32N4O4S/c1-29-17-13-15(14-18(30-2)20(17)31-3)21-25-26-23(27(21)16-9-5-4-6-10-16)32-19-11-7-8-12-24-22(19)28/h13-14,16,19H,4-12H2,1-3H3,(H,24,28). The largest absolute Gasteiger partial charge is 0.493 e. The summed E-state index contributed by atoms with van der Waals surface area (Å²) in [6, 6.07) is 4.14. The zero-order valence-electron chi connectivity index (χ0n) is 19.1. The molecule has 0 bridgehead atoms. The number of nitrogens with zero attached hydrogens (tertiary/aromatic N) is 3. The van der Waals surface area contributed by atoms with Gasteiger partial charge in [-0.1, -0.05) is 37.4 Å². The molecule has 2 heterocycles. The Morgan fingerprint density at radius 3 is 2.28 bits per heavy atom. The van der Waals surface area contributed by atoms with Crippen LogP contribution < -0.4 is 19.5 Å². The average molecular weight is 461 g/mol. The number of thioether (sulfide) groups is 1. The van der Waals surface area contributed by atoms with Gasteiger partial charge in [-0.2, -0.15) is 0 Å². The van der Waals surface area contributed by atoms with E-state index in [0.29, 0.717) is 23.3 Å². The van der Waals surface area contributed by atoms with E-state index >= 15 is 0 Å². The van der Waals surface area contributed by atoms with Crippen LogP contribution in [0.3, 0.4) is 0 Å². The summed E-state index contributed by atoms with van der Waals surface area (Å²) in [5.41, 5.74) is 0.856. The van der Waals surface area contributed by atoms with Crippen molar-refractivity contribution in [2.45, 2.75) is 67.8 Å². The third kappa shape index (κ3) is 4.67. The molecule has 2 fully saturated rings. The molecule has 1 aliphatic heterocycles. The smallest absolute Gasteiger partial charge is 0.233 e. The van der Waals surface area contributed by atoms with E-state index in [2.05, 4.69) is 20.1 Å². The van der Waals surface area contributed by atoms with Gasteiger partial charge in [-0.3, -0.25) is 9.36 Å². The zero-order chi connectivity index (χ0) is 22.5. The highest BCUT2D eigenvalue weighted by Crippen LogP contribution is 2.43. The Kier molecular flexibility index (Phi) is 7.44. The number of amides is 1. The maximum absolute atomic E-state index is 12.6. The predicted octanol–water partition coefficient (Wildman–Crippen LogP) is 4.24. The third-order valence-electron chi connectivity index (χ3n) is 6.26. The molecule has 1 N–H and O–H groups in total. The monoisotopic (exact) mass is 460 g/mol. The number of methoxy groups -OCH3 is 3. The lowest BCUT2D eigenvalue weighted by Gasteiger charge is -2.26. The minimum atomic E-state index is -0.142. The number of rotatable bonds is 7. The summed E-state index contributed by atoms with van der Waals surface area (Å²) in [5, 5.41) is 12.9. The number of benzene rings is 1. The second-order valence-electron chi connectivity index (χ2n) is 8.28. The summed E-state index contributed by atoms with van der Waals surface area (Å²) in [5.74, 6) is 2.58. The average Bonchev–Trinajstić information content (AvgIpc) is 3.14. The summed E-state index contributed by atoms with van der Waals surface area (Å²) >= 11 is 1.54. The van der Waals surface area contributed by atoms with Gasteiger partial charge in [-0.25, -0.2) is 0 Å². The Labute approximate surface area is 193 Å². The molecule has 2 aliphatic rings. The van der Waals surface area contributed by atoms with Crippen molar-refractivity contribution >= 4 is 17.7 Å². The van der Waals surface area contributed by atoms with E-state index in [0.717, 1.165) is 55.2 Å². The van der Waals surface area contributed by atoms with Crippen molar-refractivity contribution in [3.8, 4) is 28.6 Å². The summed E-state index contributed by atoms with van der Waals surface area (Å²) in [6.45, 7) is 0.752. The summed E-state index contributed by atoms with van der Waals surface area (Å²) in [7, 11) is 4.81. The summed E-state index contributed by atoms with van der Waals surface area (Å²) in [4.78, 5) is 12.6. The van der Waals surface area contributed by atoms with Gasteiger partial charge in [-0.05, 0) is 37.8 Å².